The second-order valence-electron chi connectivity index (χ2n) is 6.11. The summed E-state index contributed by atoms with van der Waals surface area (Å²) in [6, 6.07) is 0.242. The van der Waals surface area contributed by atoms with Gasteiger partial charge in [-0.15, -0.1) is 0 Å². The SMILES string of the molecule is CCCC(C(=N)N)N1CCN(C(=O)N2CCCCC2)CC1. The Bertz CT molecular complexity index is 359. The van der Waals surface area contributed by atoms with Crippen molar-refractivity contribution in [3.8, 4) is 0 Å². The molecule has 0 aliphatic carbocycles. The monoisotopic (exact) mass is 295 g/mol. The number of hydrogen-bond acceptors (Lipinski definition) is 3. The minimum atomic E-state index is 0.0437. The van der Waals surface area contributed by atoms with Crippen LogP contribution in [0.5, 0.6) is 0 Å². The summed E-state index contributed by atoms with van der Waals surface area (Å²) < 4.78 is 0. The molecule has 21 heavy (non-hydrogen) atoms. The molecule has 2 rings (SSSR count). The van der Waals surface area contributed by atoms with E-state index in [2.05, 4.69) is 11.8 Å². The van der Waals surface area contributed by atoms with Crippen LogP contribution in [0.15, 0.2) is 0 Å². The maximum absolute atomic E-state index is 12.5. The molecule has 0 aromatic heterocycles. The molecule has 2 aliphatic rings. The van der Waals surface area contributed by atoms with Gasteiger partial charge in [0.15, 0.2) is 0 Å². The topological polar surface area (TPSA) is 76.7 Å². The normalized spacial score (nSPS) is 22.1. The fraction of sp³-hybridized carbons (Fsp3) is 0.867. The van der Waals surface area contributed by atoms with Crippen molar-refractivity contribution in [1.29, 1.82) is 5.41 Å². The predicted molar refractivity (Wildman–Crippen MR) is 84.6 cm³/mol. The van der Waals surface area contributed by atoms with Crippen LogP contribution in [0.25, 0.3) is 0 Å². The summed E-state index contributed by atoms with van der Waals surface area (Å²) in [5.74, 6) is 0.257. The van der Waals surface area contributed by atoms with E-state index in [-0.39, 0.29) is 17.9 Å². The van der Waals surface area contributed by atoms with Crippen LogP contribution in [0, 0.1) is 5.41 Å². The van der Waals surface area contributed by atoms with E-state index in [0.717, 1.165) is 65.0 Å². The van der Waals surface area contributed by atoms with Gasteiger partial charge in [0.25, 0.3) is 0 Å². The summed E-state index contributed by atoms with van der Waals surface area (Å²) in [5.41, 5.74) is 5.72. The molecule has 6 heteroatoms. The Kier molecular flexibility index (Phi) is 5.85. The highest BCUT2D eigenvalue weighted by molar-refractivity contribution is 5.82. The summed E-state index contributed by atoms with van der Waals surface area (Å²) in [4.78, 5) is 18.7. The standard InChI is InChI=1S/C15H29N5O/c1-2-6-13(14(16)17)18-9-11-20(12-10-18)15(21)19-7-4-3-5-8-19/h13H,2-12H2,1H3,(H3,16,17). The second kappa shape index (κ2) is 7.64. The average Bonchev–Trinajstić information content (AvgIpc) is 2.53. The van der Waals surface area contributed by atoms with Gasteiger partial charge >= 0.3 is 6.03 Å². The lowest BCUT2D eigenvalue weighted by molar-refractivity contribution is 0.0978. The fourth-order valence-electron chi connectivity index (χ4n) is 3.32. The Labute approximate surface area is 127 Å². The first kappa shape index (κ1) is 16.1. The molecule has 0 spiro atoms. The first-order valence-corrected chi connectivity index (χ1v) is 8.25. The number of nitrogens with two attached hydrogens (primary N) is 1. The molecule has 6 nitrogen and oxygen atoms in total. The Hall–Kier alpha value is -1.30. The van der Waals surface area contributed by atoms with Crippen molar-refractivity contribution in [3.05, 3.63) is 0 Å². The summed E-state index contributed by atoms with van der Waals surface area (Å²) in [7, 11) is 0. The van der Waals surface area contributed by atoms with E-state index in [4.69, 9.17) is 11.1 Å². The number of piperazine rings is 1. The van der Waals surface area contributed by atoms with Crippen molar-refractivity contribution in [1.82, 2.24) is 14.7 Å². The zero-order valence-electron chi connectivity index (χ0n) is 13.2. The van der Waals surface area contributed by atoms with E-state index in [1.807, 2.05) is 9.80 Å². The van der Waals surface area contributed by atoms with E-state index in [1.54, 1.807) is 0 Å². The molecule has 2 aliphatic heterocycles. The molecule has 1 unspecified atom stereocenters. The number of rotatable bonds is 4. The van der Waals surface area contributed by atoms with Crippen LogP contribution in [0.1, 0.15) is 39.0 Å². The van der Waals surface area contributed by atoms with Crippen LogP contribution < -0.4 is 5.73 Å². The maximum Gasteiger partial charge on any atom is 0.320 e. The molecule has 0 bridgehead atoms. The van der Waals surface area contributed by atoms with Crippen LogP contribution >= 0.6 is 0 Å². The summed E-state index contributed by atoms with van der Waals surface area (Å²) in [6.07, 6.45) is 5.46. The molecule has 2 saturated heterocycles. The molecule has 3 N–H and O–H groups in total. The number of amidine groups is 1. The highest BCUT2D eigenvalue weighted by Crippen LogP contribution is 2.15. The third-order valence-corrected chi connectivity index (χ3v) is 4.57. The number of piperidine rings is 1. The van der Waals surface area contributed by atoms with E-state index in [0.29, 0.717) is 0 Å². The fourth-order valence-corrected chi connectivity index (χ4v) is 3.32. The first-order valence-electron chi connectivity index (χ1n) is 8.25. The summed E-state index contributed by atoms with van der Waals surface area (Å²) >= 11 is 0. The van der Waals surface area contributed by atoms with Crippen molar-refractivity contribution in [2.75, 3.05) is 39.3 Å². The molecule has 2 heterocycles. The van der Waals surface area contributed by atoms with E-state index in [1.165, 1.54) is 6.42 Å². The lowest BCUT2D eigenvalue weighted by atomic mass is 10.1. The quantitative estimate of drug-likeness (QED) is 0.606. The second-order valence-corrected chi connectivity index (χ2v) is 6.11. The number of hydrogen-bond donors (Lipinski definition) is 2. The van der Waals surface area contributed by atoms with Crippen LogP contribution in [-0.2, 0) is 0 Å². The van der Waals surface area contributed by atoms with Gasteiger partial charge in [0, 0.05) is 39.3 Å². The molecule has 2 amide bonds. The van der Waals surface area contributed by atoms with Gasteiger partial charge in [0.1, 0.15) is 5.84 Å². The minimum absolute atomic E-state index is 0.0437. The third-order valence-electron chi connectivity index (χ3n) is 4.57. The molecule has 2 fully saturated rings. The van der Waals surface area contributed by atoms with Crippen molar-refractivity contribution < 1.29 is 4.79 Å². The van der Waals surface area contributed by atoms with Gasteiger partial charge in [-0.1, -0.05) is 13.3 Å². The van der Waals surface area contributed by atoms with E-state index >= 15 is 0 Å². The number of nitrogens with zero attached hydrogens (tertiary/aromatic N) is 3. The summed E-state index contributed by atoms with van der Waals surface area (Å²) in [6.45, 7) is 7.08. The number of nitrogens with one attached hydrogen (secondary N) is 1. The first-order chi connectivity index (χ1) is 10.1. The highest BCUT2D eigenvalue weighted by atomic mass is 16.2. The van der Waals surface area contributed by atoms with Gasteiger partial charge in [-0.3, -0.25) is 10.3 Å². The number of carbonyl (C=O) groups is 1. The molecule has 0 aromatic rings. The van der Waals surface area contributed by atoms with Crippen LogP contribution in [0.3, 0.4) is 0 Å². The maximum atomic E-state index is 12.5. The van der Waals surface area contributed by atoms with Crippen molar-refractivity contribution in [2.45, 2.75) is 45.1 Å². The number of urea groups is 1. The van der Waals surface area contributed by atoms with Gasteiger partial charge in [0.2, 0.25) is 0 Å². The van der Waals surface area contributed by atoms with Crippen molar-refractivity contribution in [2.24, 2.45) is 5.73 Å². The van der Waals surface area contributed by atoms with Gasteiger partial charge in [-0.2, -0.15) is 0 Å². The zero-order valence-corrected chi connectivity index (χ0v) is 13.2. The molecular weight excluding hydrogens is 266 g/mol. The number of likely N-dealkylation sites (tertiary alicyclic amines) is 1. The van der Waals surface area contributed by atoms with Gasteiger partial charge < -0.3 is 15.5 Å². The lowest BCUT2D eigenvalue weighted by Crippen LogP contribution is -2.57. The van der Waals surface area contributed by atoms with Crippen LogP contribution in [-0.4, -0.2) is 71.9 Å². The highest BCUT2D eigenvalue weighted by Gasteiger charge is 2.29. The molecular formula is C15H29N5O. The van der Waals surface area contributed by atoms with Crippen LogP contribution in [0.2, 0.25) is 0 Å². The largest absolute Gasteiger partial charge is 0.386 e. The molecule has 120 valence electrons. The Morgan fingerprint density at radius 3 is 2.14 bits per heavy atom. The zero-order chi connectivity index (χ0) is 15.2. The van der Waals surface area contributed by atoms with Crippen LogP contribution in [0.4, 0.5) is 4.79 Å². The molecule has 1 atom stereocenters. The van der Waals surface area contributed by atoms with Gasteiger partial charge in [0.05, 0.1) is 6.04 Å². The number of amides is 2. The molecule has 0 radical (unpaired) electrons. The van der Waals surface area contributed by atoms with Crippen molar-refractivity contribution >= 4 is 11.9 Å². The predicted octanol–water partition coefficient (Wildman–Crippen LogP) is 1.31. The minimum Gasteiger partial charge on any atom is -0.386 e. The number of carbonyl (C=O) groups excluding carboxylic acids is 1. The summed E-state index contributed by atoms with van der Waals surface area (Å²) in [5, 5.41) is 7.73. The Balaban J connectivity index is 1.84. The average molecular weight is 295 g/mol. The van der Waals surface area contributed by atoms with Gasteiger partial charge in [-0.25, -0.2) is 4.79 Å². The third kappa shape index (κ3) is 4.09. The van der Waals surface area contributed by atoms with Gasteiger partial charge in [-0.05, 0) is 25.7 Å². The molecule has 0 aromatic carbocycles. The Morgan fingerprint density at radius 2 is 1.62 bits per heavy atom. The smallest absolute Gasteiger partial charge is 0.320 e. The van der Waals surface area contributed by atoms with Crippen molar-refractivity contribution in [3.63, 3.8) is 0 Å². The van der Waals surface area contributed by atoms with E-state index in [9.17, 15) is 4.79 Å². The van der Waals surface area contributed by atoms with E-state index < -0.39 is 0 Å². The lowest BCUT2D eigenvalue weighted by Gasteiger charge is -2.41. The molecule has 0 saturated carbocycles. The Morgan fingerprint density at radius 1 is 1.05 bits per heavy atom.